The minimum absolute atomic E-state index is 0.155. The predicted octanol–water partition coefficient (Wildman–Crippen LogP) is 1.99. The number of nitrogens with one attached hydrogen (secondary N) is 2. The number of H-pyrrole nitrogens is 1. The quantitative estimate of drug-likeness (QED) is 0.664. The highest BCUT2D eigenvalue weighted by Gasteiger charge is 2.17. The summed E-state index contributed by atoms with van der Waals surface area (Å²) >= 11 is 1.18. The van der Waals surface area contributed by atoms with Crippen molar-refractivity contribution in [2.24, 2.45) is 5.73 Å². The van der Waals surface area contributed by atoms with E-state index in [1.165, 1.54) is 23.6 Å². The van der Waals surface area contributed by atoms with Gasteiger partial charge >= 0.3 is 0 Å². The van der Waals surface area contributed by atoms with Crippen LogP contribution in [0.3, 0.4) is 0 Å². The number of hydrogen-bond donors (Lipinski definition) is 3. The number of thiazole rings is 1. The standard InChI is InChI=1S/C12H12N4O3S2/c13-5-8-1-2-11(19-8)10-7-20-12(15-10)16-21(17,18)9-3-4-14-6-9/h1-4,6-7,14H,5,13H2,(H,15,16). The first-order valence-electron chi connectivity index (χ1n) is 5.99. The molecule has 21 heavy (non-hydrogen) atoms. The summed E-state index contributed by atoms with van der Waals surface area (Å²) in [4.78, 5) is 7.06. The van der Waals surface area contributed by atoms with Gasteiger partial charge < -0.3 is 15.1 Å². The molecule has 0 unspecified atom stereocenters. The van der Waals surface area contributed by atoms with E-state index in [-0.39, 0.29) is 10.0 Å². The smallest absolute Gasteiger partial charge is 0.265 e. The largest absolute Gasteiger partial charge is 0.458 e. The Morgan fingerprint density at radius 3 is 2.90 bits per heavy atom. The normalized spacial score (nSPS) is 11.7. The molecule has 0 radical (unpaired) electrons. The zero-order valence-corrected chi connectivity index (χ0v) is 12.4. The van der Waals surface area contributed by atoms with Gasteiger partial charge in [0.05, 0.1) is 6.54 Å². The van der Waals surface area contributed by atoms with E-state index >= 15 is 0 Å². The monoisotopic (exact) mass is 324 g/mol. The van der Waals surface area contributed by atoms with Gasteiger partial charge in [-0.2, -0.15) is 0 Å². The fourth-order valence-electron chi connectivity index (χ4n) is 1.71. The van der Waals surface area contributed by atoms with Crippen LogP contribution < -0.4 is 10.5 Å². The van der Waals surface area contributed by atoms with Gasteiger partial charge in [-0.3, -0.25) is 4.72 Å². The lowest BCUT2D eigenvalue weighted by Crippen LogP contribution is -2.11. The van der Waals surface area contributed by atoms with Gasteiger partial charge in [-0.05, 0) is 18.2 Å². The topological polar surface area (TPSA) is 114 Å². The zero-order valence-electron chi connectivity index (χ0n) is 10.7. The number of aromatic nitrogens is 2. The highest BCUT2D eigenvalue weighted by atomic mass is 32.2. The summed E-state index contributed by atoms with van der Waals surface area (Å²) in [6.07, 6.45) is 2.94. The number of nitrogens with two attached hydrogens (primary N) is 1. The first-order valence-corrected chi connectivity index (χ1v) is 8.35. The van der Waals surface area contributed by atoms with E-state index in [4.69, 9.17) is 10.2 Å². The van der Waals surface area contributed by atoms with Crippen molar-refractivity contribution in [1.29, 1.82) is 0 Å². The molecule has 0 aromatic carbocycles. The molecule has 0 aliphatic rings. The molecule has 0 saturated heterocycles. The second-order valence-corrected chi connectivity index (χ2v) is 6.70. The molecule has 0 bridgehead atoms. The first kappa shape index (κ1) is 13.9. The summed E-state index contributed by atoms with van der Waals surface area (Å²) in [6, 6.07) is 4.98. The summed E-state index contributed by atoms with van der Waals surface area (Å²) in [5.41, 5.74) is 6.04. The Hall–Kier alpha value is -2.10. The summed E-state index contributed by atoms with van der Waals surface area (Å²) < 4.78 is 32.0. The number of aromatic amines is 1. The van der Waals surface area contributed by atoms with Gasteiger partial charge in [-0.15, -0.1) is 11.3 Å². The van der Waals surface area contributed by atoms with Crippen molar-refractivity contribution in [3.05, 3.63) is 41.7 Å². The van der Waals surface area contributed by atoms with Crippen molar-refractivity contribution in [3.63, 3.8) is 0 Å². The Kier molecular flexibility index (Phi) is 3.53. The summed E-state index contributed by atoms with van der Waals surface area (Å²) in [5.74, 6) is 1.20. The number of hydrogen-bond acceptors (Lipinski definition) is 6. The van der Waals surface area contributed by atoms with Crippen molar-refractivity contribution < 1.29 is 12.8 Å². The maximum atomic E-state index is 12.1. The van der Waals surface area contributed by atoms with Crippen LogP contribution in [0.25, 0.3) is 11.5 Å². The zero-order chi connectivity index (χ0) is 14.9. The Morgan fingerprint density at radius 1 is 1.38 bits per heavy atom. The first-order chi connectivity index (χ1) is 10.1. The molecule has 3 heterocycles. The van der Waals surface area contributed by atoms with Crippen molar-refractivity contribution in [2.45, 2.75) is 11.4 Å². The third-order valence-electron chi connectivity index (χ3n) is 2.72. The molecule has 3 aromatic rings. The van der Waals surface area contributed by atoms with Crippen LogP contribution in [0.4, 0.5) is 5.13 Å². The molecule has 0 aliphatic heterocycles. The second-order valence-electron chi connectivity index (χ2n) is 4.16. The highest BCUT2D eigenvalue weighted by molar-refractivity contribution is 7.93. The Morgan fingerprint density at radius 2 is 2.24 bits per heavy atom. The lowest BCUT2D eigenvalue weighted by molar-refractivity contribution is 0.524. The molecule has 0 aliphatic carbocycles. The molecule has 0 saturated carbocycles. The van der Waals surface area contributed by atoms with Crippen LogP contribution in [0.1, 0.15) is 5.76 Å². The molecule has 3 aromatic heterocycles. The number of sulfonamides is 1. The van der Waals surface area contributed by atoms with Crippen molar-refractivity contribution in [2.75, 3.05) is 4.72 Å². The van der Waals surface area contributed by atoms with E-state index in [1.807, 2.05) is 0 Å². The van der Waals surface area contributed by atoms with Crippen molar-refractivity contribution in [1.82, 2.24) is 9.97 Å². The van der Waals surface area contributed by atoms with Gasteiger partial charge in [-0.1, -0.05) is 0 Å². The minimum atomic E-state index is -3.62. The molecule has 7 nitrogen and oxygen atoms in total. The van der Waals surface area contributed by atoms with Crippen molar-refractivity contribution >= 4 is 26.5 Å². The SMILES string of the molecule is NCc1ccc(-c2csc(NS(=O)(=O)c3cc[nH]c3)n2)o1. The van der Waals surface area contributed by atoms with Crippen LogP contribution in [-0.4, -0.2) is 18.4 Å². The number of anilines is 1. The van der Waals surface area contributed by atoms with E-state index in [0.29, 0.717) is 23.8 Å². The summed E-state index contributed by atoms with van der Waals surface area (Å²) in [7, 11) is -3.62. The lowest BCUT2D eigenvalue weighted by atomic mass is 10.3. The predicted molar refractivity (Wildman–Crippen MR) is 79.3 cm³/mol. The average molecular weight is 324 g/mol. The third kappa shape index (κ3) is 2.84. The molecule has 110 valence electrons. The molecular formula is C12H12N4O3S2. The van der Waals surface area contributed by atoms with Gasteiger partial charge in [0, 0.05) is 17.8 Å². The van der Waals surface area contributed by atoms with Gasteiger partial charge in [0.15, 0.2) is 10.9 Å². The molecule has 0 spiro atoms. The Balaban J connectivity index is 1.82. The van der Waals surface area contributed by atoms with Crippen LogP contribution in [0, 0.1) is 0 Å². The van der Waals surface area contributed by atoms with Gasteiger partial charge in [-0.25, -0.2) is 13.4 Å². The Bertz CT molecular complexity index is 834. The van der Waals surface area contributed by atoms with Crippen molar-refractivity contribution in [3.8, 4) is 11.5 Å². The summed E-state index contributed by atoms with van der Waals surface area (Å²) in [5, 5.41) is 1.99. The van der Waals surface area contributed by atoms with E-state index in [1.54, 1.807) is 23.7 Å². The van der Waals surface area contributed by atoms with Gasteiger partial charge in [0.2, 0.25) is 0 Å². The number of rotatable bonds is 5. The van der Waals surface area contributed by atoms with Crippen LogP contribution >= 0.6 is 11.3 Å². The van der Waals surface area contributed by atoms with E-state index in [0.717, 1.165) is 0 Å². The van der Waals surface area contributed by atoms with Gasteiger partial charge in [0.25, 0.3) is 10.0 Å². The molecule has 0 atom stereocenters. The van der Waals surface area contributed by atoms with Crippen LogP contribution in [0.5, 0.6) is 0 Å². The maximum Gasteiger partial charge on any atom is 0.265 e. The van der Waals surface area contributed by atoms with Gasteiger partial charge in [0.1, 0.15) is 16.3 Å². The molecule has 3 rings (SSSR count). The van der Waals surface area contributed by atoms with Crippen LogP contribution in [0.2, 0.25) is 0 Å². The lowest BCUT2D eigenvalue weighted by Gasteiger charge is -2.01. The molecule has 4 N–H and O–H groups in total. The van der Waals surface area contributed by atoms with Crippen LogP contribution in [0.15, 0.2) is 45.3 Å². The number of furan rings is 1. The average Bonchev–Trinajstić information content (AvgIpc) is 3.19. The van der Waals surface area contributed by atoms with E-state index in [2.05, 4.69) is 14.7 Å². The van der Waals surface area contributed by atoms with E-state index < -0.39 is 10.0 Å². The summed E-state index contributed by atoms with van der Waals surface area (Å²) in [6.45, 7) is 0.303. The second kappa shape index (κ2) is 5.35. The Labute approximate surface area is 124 Å². The maximum absolute atomic E-state index is 12.1. The molecular weight excluding hydrogens is 312 g/mol. The minimum Gasteiger partial charge on any atom is -0.458 e. The van der Waals surface area contributed by atoms with Crippen LogP contribution in [-0.2, 0) is 16.6 Å². The fraction of sp³-hybridized carbons (Fsp3) is 0.0833. The van der Waals surface area contributed by atoms with E-state index in [9.17, 15) is 8.42 Å². The fourth-order valence-corrected chi connectivity index (χ4v) is 3.64. The molecule has 0 fully saturated rings. The molecule has 9 heteroatoms. The highest BCUT2D eigenvalue weighted by Crippen LogP contribution is 2.27. The third-order valence-corrected chi connectivity index (χ3v) is 4.94. The number of nitrogens with zero attached hydrogens (tertiary/aromatic N) is 1. The molecule has 0 amide bonds.